The zero-order valence-corrected chi connectivity index (χ0v) is 7.38. The largest absolute Gasteiger partial charge is 0.300 e. The summed E-state index contributed by atoms with van der Waals surface area (Å²) in [6.45, 7) is 1.93. The van der Waals surface area contributed by atoms with Gasteiger partial charge in [0, 0.05) is 25.2 Å². The van der Waals surface area contributed by atoms with Gasteiger partial charge in [-0.15, -0.1) is 0 Å². The molecule has 1 aliphatic rings. The smallest absolute Gasteiger partial charge is 0.137 e. The van der Waals surface area contributed by atoms with E-state index in [1.54, 1.807) is 0 Å². The summed E-state index contributed by atoms with van der Waals surface area (Å²) >= 11 is 0. The van der Waals surface area contributed by atoms with Crippen LogP contribution in [0, 0.1) is 5.92 Å². The first-order valence-corrected chi connectivity index (χ1v) is 4.39. The molecule has 1 unspecified atom stereocenters. The van der Waals surface area contributed by atoms with Crippen molar-refractivity contribution >= 4 is 11.6 Å². The van der Waals surface area contributed by atoms with Crippen LogP contribution in [0.3, 0.4) is 0 Å². The molecule has 66 valence electrons. The molecule has 2 heteroatoms. The van der Waals surface area contributed by atoms with E-state index in [2.05, 4.69) is 0 Å². The van der Waals surface area contributed by atoms with Crippen molar-refractivity contribution in [2.45, 2.75) is 32.6 Å². The topological polar surface area (TPSA) is 34.1 Å². The van der Waals surface area contributed by atoms with Crippen molar-refractivity contribution in [1.82, 2.24) is 0 Å². The standard InChI is InChI=1S/C10H14O2/c1-2-3-4-8-7-9(11)5-6-10(8)12/h2-3,8H,4-7H2,1H3. The molecule has 2 nitrogen and oxygen atoms in total. The number of rotatable bonds is 2. The summed E-state index contributed by atoms with van der Waals surface area (Å²) in [6.07, 6.45) is 6.00. The number of allylic oxidation sites excluding steroid dienone is 2. The Morgan fingerprint density at radius 2 is 2.17 bits per heavy atom. The third-order valence-electron chi connectivity index (χ3n) is 2.24. The fraction of sp³-hybridized carbons (Fsp3) is 0.600. The van der Waals surface area contributed by atoms with Crippen LogP contribution in [0.2, 0.25) is 0 Å². The number of hydrogen-bond donors (Lipinski definition) is 0. The highest BCUT2D eigenvalue weighted by Gasteiger charge is 2.25. The summed E-state index contributed by atoms with van der Waals surface area (Å²) in [4.78, 5) is 22.3. The first kappa shape index (κ1) is 9.17. The van der Waals surface area contributed by atoms with Crippen LogP contribution in [0.15, 0.2) is 12.2 Å². The number of Topliss-reactive ketones (excluding diaryl/α,β-unsaturated/α-hetero) is 2. The number of ketones is 2. The van der Waals surface area contributed by atoms with Crippen molar-refractivity contribution in [3.05, 3.63) is 12.2 Å². The summed E-state index contributed by atoms with van der Waals surface area (Å²) in [5.41, 5.74) is 0. The fourth-order valence-corrected chi connectivity index (χ4v) is 1.47. The summed E-state index contributed by atoms with van der Waals surface area (Å²) in [5.74, 6) is 0.472. The third-order valence-corrected chi connectivity index (χ3v) is 2.24. The molecule has 0 heterocycles. The lowest BCUT2D eigenvalue weighted by Crippen LogP contribution is -2.24. The second kappa shape index (κ2) is 4.19. The predicted octanol–water partition coefficient (Wildman–Crippen LogP) is 1.89. The highest BCUT2D eigenvalue weighted by molar-refractivity contribution is 5.94. The zero-order valence-electron chi connectivity index (χ0n) is 7.38. The van der Waals surface area contributed by atoms with Gasteiger partial charge >= 0.3 is 0 Å². The molecule has 0 aliphatic heterocycles. The molecule has 1 atom stereocenters. The van der Waals surface area contributed by atoms with Crippen molar-refractivity contribution in [3.8, 4) is 0 Å². The van der Waals surface area contributed by atoms with E-state index in [0.717, 1.165) is 6.42 Å². The fourth-order valence-electron chi connectivity index (χ4n) is 1.47. The predicted molar refractivity (Wildman–Crippen MR) is 46.8 cm³/mol. The normalized spacial score (nSPS) is 25.2. The quantitative estimate of drug-likeness (QED) is 0.587. The van der Waals surface area contributed by atoms with Crippen molar-refractivity contribution in [2.75, 3.05) is 0 Å². The van der Waals surface area contributed by atoms with Gasteiger partial charge in [0.15, 0.2) is 0 Å². The van der Waals surface area contributed by atoms with Crippen LogP contribution in [0.25, 0.3) is 0 Å². The van der Waals surface area contributed by atoms with Crippen molar-refractivity contribution in [3.63, 3.8) is 0 Å². The number of hydrogen-bond acceptors (Lipinski definition) is 2. The van der Waals surface area contributed by atoms with Crippen molar-refractivity contribution in [1.29, 1.82) is 0 Å². The first-order valence-electron chi connectivity index (χ1n) is 4.39. The first-order chi connectivity index (χ1) is 5.74. The van der Waals surface area contributed by atoms with Crippen molar-refractivity contribution < 1.29 is 9.59 Å². The van der Waals surface area contributed by atoms with E-state index >= 15 is 0 Å². The lowest BCUT2D eigenvalue weighted by Gasteiger charge is -2.17. The molecular formula is C10H14O2. The molecule has 0 spiro atoms. The van der Waals surface area contributed by atoms with E-state index in [1.807, 2.05) is 19.1 Å². The number of carbonyl (C=O) groups excluding carboxylic acids is 2. The lowest BCUT2D eigenvalue weighted by atomic mass is 9.85. The molecule has 1 saturated carbocycles. The van der Waals surface area contributed by atoms with Gasteiger partial charge in [0.05, 0.1) is 0 Å². The molecule has 1 aliphatic carbocycles. The maximum atomic E-state index is 11.3. The Hall–Kier alpha value is -0.920. The zero-order chi connectivity index (χ0) is 8.97. The van der Waals surface area contributed by atoms with E-state index in [-0.39, 0.29) is 17.5 Å². The Kier molecular flexibility index (Phi) is 3.20. The van der Waals surface area contributed by atoms with Crippen LogP contribution in [0.4, 0.5) is 0 Å². The molecule has 1 fully saturated rings. The van der Waals surface area contributed by atoms with Crippen molar-refractivity contribution in [2.24, 2.45) is 5.92 Å². The average molecular weight is 166 g/mol. The second-order valence-electron chi connectivity index (χ2n) is 3.21. The Morgan fingerprint density at radius 3 is 2.83 bits per heavy atom. The summed E-state index contributed by atoms with van der Waals surface area (Å²) in [6, 6.07) is 0. The Balaban J connectivity index is 2.49. The minimum Gasteiger partial charge on any atom is -0.300 e. The van der Waals surface area contributed by atoms with E-state index < -0.39 is 0 Å². The van der Waals surface area contributed by atoms with Gasteiger partial charge in [-0.25, -0.2) is 0 Å². The minimum atomic E-state index is -0.0255. The SMILES string of the molecule is CC=CCC1CC(=O)CCC1=O. The van der Waals surface area contributed by atoms with Gasteiger partial charge in [-0.05, 0) is 13.3 Å². The van der Waals surface area contributed by atoms with Gasteiger partial charge < -0.3 is 0 Å². The molecule has 12 heavy (non-hydrogen) atoms. The summed E-state index contributed by atoms with van der Waals surface area (Å²) < 4.78 is 0. The average Bonchev–Trinajstić information content (AvgIpc) is 2.07. The lowest BCUT2D eigenvalue weighted by molar-refractivity contribution is -0.132. The molecule has 0 saturated heterocycles. The molecule has 0 bridgehead atoms. The van der Waals surface area contributed by atoms with E-state index in [4.69, 9.17) is 0 Å². The summed E-state index contributed by atoms with van der Waals surface area (Å²) in [7, 11) is 0. The molecule has 0 aromatic carbocycles. The third kappa shape index (κ3) is 2.29. The van der Waals surface area contributed by atoms with Gasteiger partial charge in [-0.1, -0.05) is 12.2 Å². The maximum absolute atomic E-state index is 11.3. The summed E-state index contributed by atoms with van der Waals surface area (Å²) in [5, 5.41) is 0. The van der Waals surface area contributed by atoms with Gasteiger partial charge in [0.1, 0.15) is 11.6 Å². The molecule has 1 rings (SSSR count). The van der Waals surface area contributed by atoms with E-state index in [9.17, 15) is 9.59 Å². The van der Waals surface area contributed by atoms with Crippen LogP contribution in [0.5, 0.6) is 0 Å². The molecule has 0 N–H and O–H groups in total. The van der Waals surface area contributed by atoms with Crippen LogP contribution in [0.1, 0.15) is 32.6 Å². The van der Waals surface area contributed by atoms with E-state index in [1.165, 1.54) is 0 Å². The molecule has 0 amide bonds. The monoisotopic (exact) mass is 166 g/mol. The van der Waals surface area contributed by atoms with Crippen LogP contribution in [-0.4, -0.2) is 11.6 Å². The van der Waals surface area contributed by atoms with Gasteiger partial charge in [0.25, 0.3) is 0 Å². The maximum Gasteiger partial charge on any atom is 0.137 e. The highest BCUT2D eigenvalue weighted by Crippen LogP contribution is 2.21. The highest BCUT2D eigenvalue weighted by atomic mass is 16.1. The molecule has 0 aromatic rings. The Labute approximate surface area is 72.7 Å². The van der Waals surface area contributed by atoms with Gasteiger partial charge in [-0.3, -0.25) is 9.59 Å². The van der Waals surface area contributed by atoms with Crippen LogP contribution < -0.4 is 0 Å². The second-order valence-corrected chi connectivity index (χ2v) is 3.21. The number of carbonyl (C=O) groups is 2. The van der Waals surface area contributed by atoms with Crippen LogP contribution in [-0.2, 0) is 9.59 Å². The molecular weight excluding hydrogens is 152 g/mol. The minimum absolute atomic E-state index is 0.0255. The molecule has 0 radical (unpaired) electrons. The van der Waals surface area contributed by atoms with Crippen LogP contribution >= 0.6 is 0 Å². The van der Waals surface area contributed by atoms with E-state index in [0.29, 0.717) is 19.3 Å². The van der Waals surface area contributed by atoms with Gasteiger partial charge in [0.2, 0.25) is 0 Å². The Bertz CT molecular complexity index is 216. The molecule has 0 aromatic heterocycles. The van der Waals surface area contributed by atoms with Gasteiger partial charge in [-0.2, -0.15) is 0 Å². The Morgan fingerprint density at radius 1 is 1.42 bits per heavy atom.